The first-order valence-corrected chi connectivity index (χ1v) is 6.64. The first-order chi connectivity index (χ1) is 8.81. The minimum absolute atomic E-state index is 0.660. The second-order valence-corrected chi connectivity index (χ2v) is 4.67. The fraction of sp³-hybridized carbons (Fsp3) is 0.214. The van der Waals surface area contributed by atoms with E-state index < -0.39 is 0 Å². The van der Waals surface area contributed by atoms with Gasteiger partial charge < -0.3 is 9.47 Å². The van der Waals surface area contributed by atoms with Gasteiger partial charge in [-0.3, -0.25) is 4.79 Å². The van der Waals surface area contributed by atoms with Gasteiger partial charge in [0.25, 0.3) is 0 Å². The molecule has 0 bridgehead atoms. The largest absolute Gasteiger partial charge is 0.494 e. The topological polar surface area (TPSA) is 35.5 Å². The van der Waals surface area contributed by atoms with Crippen LogP contribution in [-0.2, 0) is 0 Å². The van der Waals surface area contributed by atoms with E-state index in [2.05, 4.69) is 6.92 Å². The van der Waals surface area contributed by atoms with Crippen LogP contribution in [0.25, 0.3) is 0 Å². The molecule has 0 N–H and O–H groups in total. The van der Waals surface area contributed by atoms with E-state index in [-0.39, 0.29) is 0 Å². The zero-order chi connectivity index (χ0) is 12.8. The molecule has 0 amide bonds. The normalized spacial score (nSPS) is 10.1. The third-order valence-corrected chi connectivity index (χ3v) is 3.08. The van der Waals surface area contributed by atoms with Gasteiger partial charge in [-0.1, -0.05) is 6.92 Å². The molecule has 1 aromatic heterocycles. The van der Waals surface area contributed by atoms with E-state index in [4.69, 9.17) is 9.47 Å². The number of carbonyl (C=O) groups excluding carboxylic acids is 1. The van der Waals surface area contributed by atoms with Crippen LogP contribution in [0.3, 0.4) is 0 Å². The Morgan fingerprint density at radius 3 is 2.50 bits per heavy atom. The van der Waals surface area contributed by atoms with Gasteiger partial charge in [0, 0.05) is 11.4 Å². The van der Waals surface area contributed by atoms with Gasteiger partial charge in [0.05, 0.1) is 11.5 Å². The summed E-state index contributed by atoms with van der Waals surface area (Å²) in [4.78, 5) is 11.2. The monoisotopic (exact) mass is 262 g/mol. The smallest absolute Gasteiger partial charge is 0.160 e. The van der Waals surface area contributed by atoms with Gasteiger partial charge in [-0.2, -0.15) is 0 Å². The fourth-order valence-electron chi connectivity index (χ4n) is 1.41. The van der Waals surface area contributed by atoms with Gasteiger partial charge in [0.2, 0.25) is 0 Å². The molecule has 2 rings (SSSR count). The number of hydrogen-bond donors (Lipinski definition) is 0. The lowest BCUT2D eigenvalue weighted by Gasteiger charge is -2.06. The third-order valence-electron chi connectivity index (χ3n) is 2.24. The Morgan fingerprint density at radius 2 is 1.89 bits per heavy atom. The van der Waals surface area contributed by atoms with Gasteiger partial charge in [0.15, 0.2) is 6.29 Å². The van der Waals surface area contributed by atoms with E-state index >= 15 is 0 Å². The van der Waals surface area contributed by atoms with Crippen LogP contribution in [0.1, 0.15) is 23.0 Å². The molecule has 0 aliphatic heterocycles. The zero-order valence-electron chi connectivity index (χ0n) is 10.1. The lowest BCUT2D eigenvalue weighted by Crippen LogP contribution is -1.94. The number of benzene rings is 1. The Morgan fingerprint density at radius 1 is 1.17 bits per heavy atom. The van der Waals surface area contributed by atoms with Crippen molar-refractivity contribution >= 4 is 17.6 Å². The molecule has 4 heteroatoms. The molecule has 94 valence electrons. The summed E-state index contributed by atoms with van der Waals surface area (Å²) in [6.45, 7) is 2.78. The number of aldehydes is 1. The van der Waals surface area contributed by atoms with Crippen molar-refractivity contribution in [3.8, 4) is 17.2 Å². The van der Waals surface area contributed by atoms with Crippen LogP contribution in [-0.4, -0.2) is 12.9 Å². The van der Waals surface area contributed by atoms with Crippen molar-refractivity contribution in [2.75, 3.05) is 6.61 Å². The van der Waals surface area contributed by atoms with Crippen molar-refractivity contribution < 1.29 is 14.3 Å². The molecular formula is C14H14O3S. The number of carbonyl (C=O) groups is 1. The maximum absolute atomic E-state index is 10.6. The van der Waals surface area contributed by atoms with Crippen molar-refractivity contribution in [1.82, 2.24) is 0 Å². The highest BCUT2D eigenvalue weighted by molar-refractivity contribution is 7.11. The van der Waals surface area contributed by atoms with Gasteiger partial charge in [-0.25, -0.2) is 0 Å². The SMILES string of the molecule is CCCOc1ccc(Oc2csc(C=O)c2)cc1. The highest BCUT2D eigenvalue weighted by atomic mass is 32.1. The second-order valence-electron chi connectivity index (χ2n) is 3.72. The van der Waals surface area contributed by atoms with Gasteiger partial charge in [0.1, 0.15) is 17.2 Å². The van der Waals surface area contributed by atoms with E-state index in [0.29, 0.717) is 17.2 Å². The van der Waals surface area contributed by atoms with E-state index in [9.17, 15) is 4.79 Å². The minimum Gasteiger partial charge on any atom is -0.494 e. The molecular weight excluding hydrogens is 248 g/mol. The fourth-order valence-corrected chi connectivity index (χ4v) is 2.02. The number of thiophene rings is 1. The molecule has 0 aliphatic carbocycles. The molecule has 0 atom stereocenters. The molecule has 0 radical (unpaired) electrons. The Kier molecular flexibility index (Phi) is 4.36. The Balaban J connectivity index is 1.99. The summed E-state index contributed by atoms with van der Waals surface area (Å²) in [6, 6.07) is 9.17. The second kappa shape index (κ2) is 6.21. The van der Waals surface area contributed by atoms with Crippen molar-refractivity contribution in [2.45, 2.75) is 13.3 Å². The van der Waals surface area contributed by atoms with Gasteiger partial charge in [-0.05, 0) is 30.7 Å². The minimum atomic E-state index is 0.660. The van der Waals surface area contributed by atoms with E-state index in [0.717, 1.165) is 24.2 Å². The molecule has 18 heavy (non-hydrogen) atoms. The van der Waals surface area contributed by atoms with Crippen LogP contribution in [0.4, 0.5) is 0 Å². The number of rotatable bonds is 6. The predicted octanol–water partition coefficient (Wildman–Crippen LogP) is 4.14. The summed E-state index contributed by atoms with van der Waals surface area (Å²) in [5.41, 5.74) is 0. The highest BCUT2D eigenvalue weighted by Gasteiger charge is 2.02. The van der Waals surface area contributed by atoms with Crippen molar-refractivity contribution in [2.24, 2.45) is 0 Å². The lowest BCUT2D eigenvalue weighted by atomic mass is 10.3. The van der Waals surface area contributed by atoms with Crippen LogP contribution in [0.15, 0.2) is 35.7 Å². The van der Waals surface area contributed by atoms with E-state index in [1.165, 1.54) is 11.3 Å². The first kappa shape index (κ1) is 12.6. The lowest BCUT2D eigenvalue weighted by molar-refractivity contribution is 0.112. The van der Waals surface area contributed by atoms with Gasteiger partial charge in [-0.15, -0.1) is 11.3 Å². The maximum atomic E-state index is 10.6. The van der Waals surface area contributed by atoms with Crippen LogP contribution < -0.4 is 9.47 Å². The molecule has 0 spiro atoms. The average Bonchev–Trinajstić information content (AvgIpc) is 2.86. The molecule has 0 saturated carbocycles. The molecule has 3 nitrogen and oxygen atoms in total. The first-order valence-electron chi connectivity index (χ1n) is 5.76. The Bertz CT molecular complexity index is 502. The van der Waals surface area contributed by atoms with E-state index in [1.807, 2.05) is 29.6 Å². The van der Waals surface area contributed by atoms with Crippen LogP contribution in [0, 0.1) is 0 Å². The van der Waals surface area contributed by atoms with Crippen molar-refractivity contribution in [1.29, 1.82) is 0 Å². The molecule has 1 aromatic carbocycles. The maximum Gasteiger partial charge on any atom is 0.160 e. The van der Waals surface area contributed by atoms with Crippen LogP contribution in [0.5, 0.6) is 17.2 Å². The standard InChI is InChI=1S/C14H14O3S/c1-2-7-16-11-3-5-12(6-4-11)17-13-8-14(9-15)18-10-13/h3-6,8-10H,2,7H2,1H3. The number of hydrogen-bond acceptors (Lipinski definition) is 4. The summed E-state index contributed by atoms with van der Waals surface area (Å²) in [5.74, 6) is 2.25. The summed E-state index contributed by atoms with van der Waals surface area (Å²) in [5, 5.41) is 1.81. The molecule has 0 unspecified atom stereocenters. The van der Waals surface area contributed by atoms with Crippen LogP contribution >= 0.6 is 11.3 Å². The van der Waals surface area contributed by atoms with Gasteiger partial charge >= 0.3 is 0 Å². The average molecular weight is 262 g/mol. The van der Waals surface area contributed by atoms with Crippen molar-refractivity contribution in [3.05, 3.63) is 40.6 Å². The molecule has 2 aromatic rings. The summed E-state index contributed by atoms with van der Waals surface area (Å²) in [7, 11) is 0. The molecule has 0 aliphatic rings. The highest BCUT2D eigenvalue weighted by Crippen LogP contribution is 2.27. The summed E-state index contributed by atoms with van der Waals surface area (Å²) < 4.78 is 11.1. The third kappa shape index (κ3) is 3.34. The predicted molar refractivity (Wildman–Crippen MR) is 72.0 cm³/mol. The Hall–Kier alpha value is -1.81. The summed E-state index contributed by atoms with van der Waals surface area (Å²) >= 11 is 1.37. The quantitative estimate of drug-likeness (QED) is 0.734. The van der Waals surface area contributed by atoms with Crippen molar-refractivity contribution in [3.63, 3.8) is 0 Å². The van der Waals surface area contributed by atoms with Crippen LogP contribution in [0.2, 0.25) is 0 Å². The molecule has 0 saturated heterocycles. The molecule has 1 heterocycles. The van der Waals surface area contributed by atoms with E-state index in [1.54, 1.807) is 6.07 Å². The summed E-state index contributed by atoms with van der Waals surface area (Å²) in [6.07, 6.45) is 1.81. The molecule has 0 fully saturated rings. The Labute approximate surface area is 110 Å². The number of ether oxygens (including phenoxy) is 2. The zero-order valence-corrected chi connectivity index (χ0v) is 10.9.